The van der Waals surface area contributed by atoms with Gasteiger partial charge in [0.2, 0.25) is 0 Å². The first-order valence-electron chi connectivity index (χ1n) is 5.24. The van der Waals surface area contributed by atoms with Gasteiger partial charge >= 0.3 is 0 Å². The van der Waals surface area contributed by atoms with E-state index in [1.165, 1.54) is 0 Å². The van der Waals surface area contributed by atoms with Crippen LogP contribution in [0.2, 0.25) is 0 Å². The summed E-state index contributed by atoms with van der Waals surface area (Å²) in [7, 11) is 0. The maximum Gasteiger partial charge on any atom is 0.122 e. The van der Waals surface area contributed by atoms with Gasteiger partial charge in [0.05, 0.1) is 5.56 Å². The summed E-state index contributed by atoms with van der Waals surface area (Å²) in [4.78, 5) is 0. The van der Waals surface area contributed by atoms with E-state index in [2.05, 4.69) is 26.2 Å². The van der Waals surface area contributed by atoms with Crippen molar-refractivity contribution in [3.8, 4) is 6.07 Å². The molecule has 1 heterocycles. The highest BCUT2D eigenvalue weighted by Crippen LogP contribution is 2.29. The molecule has 1 aromatic rings. The second-order valence-electron chi connectivity index (χ2n) is 4.63. The topological polar surface area (TPSA) is 54.7 Å². The summed E-state index contributed by atoms with van der Waals surface area (Å²) in [6, 6.07) is 2.18. The number of anilines is 1. The third-order valence-electron chi connectivity index (χ3n) is 3.07. The van der Waals surface area contributed by atoms with Crippen LogP contribution in [0.4, 0.5) is 5.82 Å². The van der Waals surface area contributed by atoms with Crippen molar-refractivity contribution >= 4 is 17.6 Å². The average Bonchev–Trinajstić information content (AvgIpc) is 2.43. The van der Waals surface area contributed by atoms with Gasteiger partial charge in [-0.3, -0.25) is 0 Å². The Labute approximate surface area is 102 Å². The van der Waals surface area contributed by atoms with Crippen molar-refractivity contribution in [3.05, 3.63) is 16.8 Å². The van der Waals surface area contributed by atoms with Crippen LogP contribution >= 0.6 is 11.8 Å². The molecule has 0 radical (unpaired) electrons. The molecule has 4 heteroatoms. The summed E-state index contributed by atoms with van der Waals surface area (Å²) < 4.78 is 2.17. The van der Waals surface area contributed by atoms with Crippen LogP contribution in [0, 0.1) is 25.2 Å². The molecule has 0 unspecified atom stereocenters. The Morgan fingerprint density at radius 3 is 2.38 bits per heavy atom. The molecule has 3 nitrogen and oxygen atoms in total. The lowest BCUT2D eigenvalue weighted by Gasteiger charge is -2.24. The minimum atomic E-state index is 0.122. The Morgan fingerprint density at radius 2 is 2.00 bits per heavy atom. The van der Waals surface area contributed by atoms with Gasteiger partial charge in [-0.1, -0.05) is 0 Å². The normalized spacial score (nSPS) is 11.5. The van der Waals surface area contributed by atoms with Crippen LogP contribution < -0.4 is 5.73 Å². The number of nitrogens with zero attached hydrogens (tertiary/aromatic N) is 2. The summed E-state index contributed by atoms with van der Waals surface area (Å²) in [5.41, 5.74) is 8.72. The molecule has 0 bridgehead atoms. The standard InChI is InChI=1S/C12H19N3S/c1-8-9(2)15(7-12(3,4)16-5)11(14)10(8)6-13/h7,14H2,1-5H3. The highest BCUT2D eigenvalue weighted by atomic mass is 32.2. The van der Waals surface area contributed by atoms with Gasteiger partial charge in [0, 0.05) is 17.0 Å². The summed E-state index contributed by atoms with van der Waals surface area (Å²) >= 11 is 1.80. The number of nitrogen functional groups attached to an aromatic ring is 1. The summed E-state index contributed by atoms with van der Waals surface area (Å²) in [6.45, 7) is 9.15. The molecule has 0 saturated heterocycles. The van der Waals surface area contributed by atoms with Crippen LogP contribution in [0.1, 0.15) is 30.7 Å². The van der Waals surface area contributed by atoms with Gasteiger partial charge in [-0.2, -0.15) is 17.0 Å². The number of hydrogen-bond acceptors (Lipinski definition) is 3. The first kappa shape index (κ1) is 13.0. The number of nitrogens with two attached hydrogens (primary N) is 1. The largest absolute Gasteiger partial charge is 0.384 e. The van der Waals surface area contributed by atoms with Gasteiger partial charge in [-0.15, -0.1) is 0 Å². The van der Waals surface area contributed by atoms with Crippen molar-refractivity contribution in [2.75, 3.05) is 12.0 Å². The van der Waals surface area contributed by atoms with Crippen LogP contribution in [-0.4, -0.2) is 15.6 Å². The smallest absolute Gasteiger partial charge is 0.122 e. The predicted octanol–water partition coefficient (Wildman–Crippen LogP) is 2.70. The van der Waals surface area contributed by atoms with Crippen LogP contribution in [-0.2, 0) is 6.54 Å². The van der Waals surface area contributed by atoms with Gasteiger partial charge in [0.1, 0.15) is 11.9 Å². The van der Waals surface area contributed by atoms with Gasteiger partial charge in [0.15, 0.2) is 0 Å². The van der Waals surface area contributed by atoms with Crippen LogP contribution in [0.3, 0.4) is 0 Å². The van der Waals surface area contributed by atoms with Crippen molar-refractivity contribution in [1.29, 1.82) is 5.26 Å². The van der Waals surface area contributed by atoms with E-state index in [1.54, 1.807) is 11.8 Å². The molecule has 2 N–H and O–H groups in total. The lowest BCUT2D eigenvalue weighted by molar-refractivity contribution is 0.565. The Balaban J connectivity index is 3.22. The molecule has 0 aromatic carbocycles. The SMILES string of the molecule is CSC(C)(C)Cn1c(C)c(C)c(C#N)c1N. The molecule has 0 aliphatic carbocycles. The minimum Gasteiger partial charge on any atom is -0.384 e. The lowest BCUT2D eigenvalue weighted by Crippen LogP contribution is -2.24. The molecule has 0 fully saturated rings. The Kier molecular flexibility index (Phi) is 3.59. The Bertz CT molecular complexity index is 438. The van der Waals surface area contributed by atoms with Gasteiger partial charge in [-0.25, -0.2) is 0 Å². The fourth-order valence-corrected chi connectivity index (χ4v) is 1.94. The summed E-state index contributed by atoms with van der Waals surface area (Å²) in [5.74, 6) is 0.597. The van der Waals surface area contributed by atoms with Crippen molar-refractivity contribution in [1.82, 2.24) is 4.57 Å². The lowest BCUT2D eigenvalue weighted by atomic mass is 10.2. The molecular formula is C12H19N3S. The highest BCUT2D eigenvalue weighted by molar-refractivity contribution is 7.99. The molecule has 0 atom stereocenters. The average molecular weight is 237 g/mol. The van der Waals surface area contributed by atoms with Gasteiger partial charge < -0.3 is 10.3 Å². The quantitative estimate of drug-likeness (QED) is 0.879. The molecule has 0 saturated carbocycles. The zero-order chi connectivity index (χ0) is 12.5. The summed E-state index contributed by atoms with van der Waals surface area (Å²) in [6.07, 6.45) is 2.09. The molecule has 0 aliphatic heterocycles. The highest BCUT2D eigenvalue weighted by Gasteiger charge is 2.22. The van der Waals surface area contributed by atoms with E-state index in [-0.39, 0.29) is 4.75 Å². The van der Waals surface area contributed by atoms with E-state index in [0.29, 0.717) is 11.4 Å². The first-order valence-corrected chi connectivity index (χ1v) is 6.47. The molecule has 0 aliphatic rings. The third-order valence-corrected chi connectivity index (χ3v) is 4.31. The monoisotopic (exact) mass is 237 g/mol. The predicted molar refractivity (Wildman–Crippen MR) is 70.6 cm³/mol. The molecule has 1 aromatic heterocycles. The molecule has 16 heavy (non-hydrogen) atoms. The maximum absolute atomic E-state index is 9.04. The second-order valence-corrected chi connectivity index (χ2v) is 6.15. The minimum absolute atomic E-state index is 0.122. The Hall–Kier alpha value is -1.08. The molecule has 0 amide bonds. The van der Waals surface area contributed by atoms with Gasteiger partial charge in [-0.05, 0) is 39.5 Å². The molecule has 88 valence electrons. The van der Waals surface area contributed by atoms with E-state index in [9.17, 15) is 0 Å². The van der Waals surface area contributed by atoms with Gasteiger partial charge in [0.25, 0.3) is 0 Å². The van der Waals surface area contributed by atoms with Crippen LogP contribution in [0.25, 0.3) is 0 Å². The molecular weight excluding hydrogens is 218 g/mol. The first-order chi connectivity index (χ1) is 7.34. The van der Waals surface area contributed by atoms with Crippen molar-refractivity contribution in [3.63, 3.8) is 0 Å². The zero-order valence-corrected chi connectivity index (χ0v) is 11.4. The second kappa shape index (κ2) is 4.42. The van der Waals surface area contributed by atoms with E-state index in [1.807, 2.05) is 18.4 Å². The van der Waals surface area contributed by atoms with Crippen LogP contribution in [0.5, 0.6) is 0 Å². The molecule has 0 spiro atoms. The number of thioether (sulfide) groups is 1. The maximum atomic E-state index is 9.04. The fourth-order valence-electron chi connectivity index (χ4n) is 1.68. The van der Waals surface area contributed by atoms with E-state index < -0.39 is 0 Å². The number of nitriles is 1. The van der Waals surface area contributed by atoms with Crippen molar-refractivity contribution < 1.29 is 0 Å². The van der Waals surface area contributed by atoms with Crippen molar-refractivity contribution in [2.45, 2.75) is 39.0 Å². The van der Waals surface area contributed by atoms with E-state index >= 15 is 0 Å². The third kappa shape index (κ3) is 2.19. The fraction of sp³-hybridized carbons (Fsp3) is 0.583. The zero-order valence-electron chi connectivity index (χ0n) is 10.6. The number of hydrogen-bond donors (Lipinski definition) is 1. The van der Waals surface area contributed by atoms with E-state index in [4.69, 9.17) is 11.0 Å². The number of rotatable bonds is 3. The summed E-state index contributed by atoms with van der Waals surface area (Å²) in [5, 5.41) is 9.04. The van der Waals surface area contributed by atoms with E-state index in [0.717, 1.165) is 17.8 Å². The van der Waals surface area contributed by atoms with Crippen LogP contribution in [0.15, 0.2) is 0 Å². The molecule has 1 rings (SSSR count). The number of aromatic nitrogens is 1. The van der Waals surface area contributed by atoms with Crippen molar-refractivity contribution in [2.24, 2.45) is 0 Å². The Morgan fingerprint density at radius 1 is 1.44 bits per heavy atom.